The molecule has 0 aliphatic carbocycles. The molecule has 0 aromatic carbocycles. The third kappa shape index (κ3) is 3.38. The smallest absolute Gasteiger partial charge is 0.258 e. The van der Waals surface area contributed by atoms with E-state index in [-0.39, 0.29) is 28.3 Å². The number of methoxy groups -OCH3 is 1. The molecule has 1 spiro atoms. The number of nitrogens with zero attached hydrogens (tertiary/aromatic N) is 4. The van der Waals surface area contributed by atoms with Gasteiger partial charge in [-0.2, -0.15) is 0 Å². The van der Waals surface area contributed by atoms with E-state index in [0.29, 0.717) is 31.9 Å². The topological polar surface area (TPSA) is 87.4 Å². The van der Waals surface area contributed by atoms with Gasteiger partial charge < -0.3 is 14.7 Å². The SMILES string of the molecule is COCCN1CCCC2(CCN(Cc3cc(=O)n4cccc(O)c4n3)C2)C1=O. The Labute approximate surface area is 163 Å². The molecule has 1 amide bonds. The van der Waals surface area contributed by atoms with E-state index in [1.807, 2.05) is 4.90 Å². The quantitative estimate of drug-likeness (QED) is 0.820. The van der Waals surface area contributed by atoms with Gasteiger partial charge in [-0.25, -0.2) is 4.98 Å². The van der Waals surface area contributed by atoms with E-state index in [1.54, 1.807) is 19.4 Å². The zero-order valence-electron chi connectivity index (χ0n) is 16.1. The summed E-state index contributed by atoms with van der Waals surface area (Å²) in [5, 5.41) is 10.0. The number of hydrogen-bond acceptors (Lipinski definition) is 6. The fourth-order valence-electron chi connectivity index (χ4n) is 4.51. The second kappa shape index (κ2) is 7.52. The maximum atomic E-state index is 13.1. The first-order chi connectivity index (χ1) is 13.5. The second-order valence-corrected chi connectivity index (χ2v) is 7.80. The molecule has 1 N–H and O–H groups in total. The van der Waals surface area contributed by atoms with Crippen LogP contribution in [0.1, 0.15) is 25.0 Å². The monoisotopic (exact) mass is 386 g/mol. The van der Waals surface area contributed by atoms with Crippen LogP contribution in [0, 0.1) is 5.41 Å². The summed E-state index contributed by atoms with van der Waals surface area (Å²) in [7, 11) is 1.65. The Bertz CT molecular complexity index is 943. The van der Waals surface area contributed by atoms with Gasteiger partial charge in [0, 0.05) is 45.6 Å². The molecule has 2 aliphatic rings. The van der Waals surface area contributed by atoms with Crippen LogP contribution in [0.2, 0.25) is 0 Å². The van der Waals surface area contributed by atoms with Gasteiger partial charge in [0.25, 0.3) is 5.56 Å². The number of pyridine rings is 1. The Hall–Kier alpha value is -2.45. The lowest BCUT2D eigenvalue weighted by atomic mass is 9.78. The molecule has 1 atom stereocenters. The molecule has 0 saturated carbocycles. The molecule has 2 aliphatic heterocycles. The van der Waals surface area contributed by atoms with E-state index in [2.05, 4.69) is 9.88 Å². The van der Waals surface area contributed by atoms with Crippen molar-refractivity contribution in [1.82, 2.24) is 19.2 Å². The van der Waals surface area contributed by atoms with Crippen LogP contribution in [0.4, 0.5) is 0 Å². The van der Waals surface area contributed by atoms with E-state index < -0.39 is 0 Å². The molecule has 8 heteroatoms. The molecule has 4 heterocycles. The molecule has 1 unspecified atom stereocenters. The fourth-order valence-corrected chi connectivity index (χ4v) is 4.51. The number of fused-ring (bicyclic) bond motifs is 1. The van der Waals surface area contributed by atoms with Crippen molar-refractivity contribution in [2.75, 3.05) is 39.9 Å². The van der Waals surface area contributed by atoms with E-state index in [9.17, 15) is 14.7 Å². The molecular weight excluding hydrogens is 360 g/mol. The van der Waals surface area contributed by atoms with Crippen molar-refractivity contribution in [2.24, 2.45) is 5.41 Å². The lowest BCUT2D eigenvalue weighted by molar-refractivity contribution is -0.146. The van der Waals surface area contributed by atoms with Crippen LogP contribution < -0.4 is 5.56 Å². The number of amides is 1. The first kappa shape index (κ1) is 18.9. The summed E-state index contributed by atoms with van der Waals surface area (Å²) in [4.78, 5) is 34.0. The molecule has 2 aromatic heterocycles. The summed E-state index contributed by atoms with van der Waals surface area (Å²) in [6.45, 7) is 3.96. The molecule has 0 bridgehead atoms. The van der Waals surface area contributed by atoms with Crippen molar-refractivity contribution in [3.8, 4) is 5.75 Å². The van der Waals surface area contributed by atoms with Gasteiger partial charge in [-0.05, 0) is 37.9 Å². The summed E-state index contributed by atoms with van der Waals surface area (Å²) in [6.07, 6.45) is 4.33. The number of aromatic nitrogens is 2. The Morgan fingerprint density at radius 3 is 2.96 bits per heavy atom. The first-order valence-corrected chi connectivity index (χ1v) is 9.73. The number of carbonyl (C=O) groups excluding carboxylic acids is 1. The maximum Gasteiger partial charge on any atom is 0.258 e. The summed E-state index contributed by atoms with van der Waals surface area (Å²) in [6, 6.07) is 4.63. The first-order valence-electron chi connectivity index (χ1n) is 9.73. The van der Waals surface area contributed by atoms with Crippen LogP contribution in [-0.2, 0) is 16.1 Å². The Morgan fingerprint density at radius 2 is 2.14 bits per heavy atom. The average molecular weight is 386 g/mol. The minimum absolute atomic E-state index is 0.0180. The van der Waals surface area contributed by atoms with E-state index in [0.717, 1.165) is 32.4 Å². The molecule has 2 aromatic rings. The average Bonchev–Trinajstić information content (AvgIpc) is 3.07. The molecule has 2 saturated heterocycles. The van der Waals surface area contributed by atoms with Gasteiger partial charge in [-0.15, -0.1) is 0 Å². The molecule has 150 valence electrons. The molecule has 2 fully saturated rings. The highest BCUT2D eigenvalue weighted by molar-refractivity contribution is 5.84. The van der Waals surface area contributed by atoms with Gasteiger partial charge in [-0.3, -0.25) is 18.9 Å². The maximum absolute atomic E-state index is 13.1. The van der Waals surface area contributed by atoms with Crippen LogP contribution in [0.5, 0.6) is 5.75 Å². The van der Waals surface area contributed by atoms with Crippen LogP contribution in [-0.4, -0.2) is 70.1 Å². The summed E-state index contributed by atoms with van der Waals surface area (Å²) in [5.41, 5.74) is 0.325. The van der Waals surface area contributed by atoms with Gasteiger partial charge in [0.05, 0.1) is 17.7 Å². The van der Waals surface area contributed by atoms with Crippen molar-refractivity contribution in [2.45, 2.75) is 25.8 Å². The lowest BCUT2D eigenvalue weighted by Gasteiger charge is -2.39. The normalized spacial score (nSPS) is 23.2. The third-order valence-corrected chi connectivity index (χ3v) is 5.93. The summed E-state index contributed by atoms with van der Waals surface area (Å²) >= 11 is 0. The highest BCUT2D eigenvalue weighted by Crippen LogP contribution is 2.40. The number of carbonyl (C=O) groups is 1. The number of hydrogen-bond donors (Lipinski definition) is 1. The highest BCUT2D eigenvalue weighted by Gasteiger charge is 2.48. The summed E-state index contributed by atoms with van der Waals surface area (Å²) < 4.78 is 6.47. The van der Waals surface area contributed by atoms with Crippen LogP contribution in [0.3, 0.4) is 0 Å². The van der Waals surface area contributed by atoms with E-state index >= 15 is 0 Å². The third-order valence-electron chi connectivity index (χ3n) is 5.93. The van der Waals surface area contributed by atoms with Crippen molar-refractivity contribution >= 4 is 11.6 Å². The van der Waals surface area contributed by atoms with Crippen LogP contribution in [0.25, 0.3) is 5.65 Å². The number of aromatic hydroxyl groups is 1. The van der Waals surface area contributed by atoms with Crippen LogP contribution in [0.15, 0.2) is 29.2 Å². The van der Waals surface area contributed by atoms with Gasteiger partial charge in [0.1, 0.15) is 0 Å². The largest absolute Gasteiger partial charge is 0.504 e. The zero-order valence-corrected chi connectivity index (χ0v) is 16.1. The van der Waals surface area contributed by atoms with Crippen molar-refractivity contribution in [1.29, 1.82) is 0 Å². The van der Waals surface area contributed by atoms with Crippen molar-refractivity contribution < 1.29 is 14.6 Å². The minimum atomic E-state index is -0.333. The Kier molecular flexibility index (Phi) is 5.07. The lowest BCUT2D eigenvalue weighted by Crippen LogP contribution is -2.50. The van der Waals surface area contributed by atoms with E-state index in [4.69, 9.17) is 4.74 Å². The van der Waals surface area contributed by atoms with Gasteiger partial charge in [0.15, 0.2) is 11.4 Å². The van der Waals surface area contributed by atoms with Gasteiger partial charge in [-0.1, -0.05) is 0 Å². The van der Waals surface area contributed by atoms with E-state index in [1.165, 1.54) is 16.5 Å². The molecular formula is C20H26N4O4. The number of piperidine rings is 1. The number of likely N-dealkylation sites (tertiary alicyclic amines) is 2. The molecule has 4 rings (SSSR count). The number of rotatable bonds is 5. The fraction of sp³-hybridized carbons (Fsp3) is 0.550. The molecule has 28 heavy (non-hydrogen) atoms. The summed E-state index contributed by atoms with van der Waals surface area (Å²) in [5.74, 6) is 0.207. The molecule has 8 nitrogen and oxygen atoms in total. The minimum Gasteiger partial charge on any atom is -0.504 e. The van der Waals surface area contributed by atoms with Crippen LogP contribution >= 0.6 is 0 Å². The Balaban J connectivity index is 1.51. The van der Waals surface area contributed by atoms with Crippen molar-refractivity contribution in [3.05, 3.63) is 40.4 Å². The number of ether oxygens (including phenoxy) is 1. The highest BCUT2D eigenvalue weighted by atomic mass is 16.5. The zero-order chi connectivity index (χ0) is 19.7. The molecule has 0 radical (unpaired) electrons. The van der Waals surface area contributed by atoms with Gasteiger partial charge in [0.2, 0.25) is 5.91 Å². The standard InChI is InChI=1S/C20H26N4O4/c1-28-11-10-23-7-3-5-20(19(23)27)6-9-22(14-20)13-15-12-17(26)24-8-2-4-16(25)18(24)21-15/h2,4,8,12,25H,3,5-7,9-11,13-14H2,1H3. The predicted molar refractivity (Wildman–Crippen MR) is 103 cm³/mol. The predicted octanol–water partition coefficient (Wildman–Crippen LogP) is 0.861. The second-order valence-electron chi connectivity index (χ2n) is 7.80. The van der Waals surface area contributed by atoms with Gasteiger partial charge >= 0.3 is 0 Å². The Morgan fingerprint density at radius 1 is 1.29 bits per heavy atom. The van der Waals surface area contributed by atoms with Crippen molar-refractivity contribution in [3.63, 3.8) is 0 Å².